The molecule has 1 aromatic heterocycles. The lowest BCUT2D eigenvalue weighted by Crippen LogP contribution is -2.39. The predicted molar refractivity (Wildman–Crippen MR) is 68.6 cm³/mol. The maximum atomic E-state index is 5.69. The lowest BCUT2D eigenvalue weighted by molar-refractivity contribution is 0.00333. The molecule has 0 saturated carbocycles. The van der Waals surface area contributed by atoms with Crippen LogP contribution in [-0.4, -0.2) is 35.7 Å². The highest BCUT2D eigenvalue weighted by Crippen LogP contribution is 2.15. The lowest BCUT2D eigenvalue weighted by Gasteiger charge is -2.32. The van der Waals surface area contributed by atoms with Gasteiger partial charge in [0.25, 0.3) is 0 Å². The van der Waals surface area contributed by atoms with E-state index in [4.69, 9.17) is 10.5 Å². The van der Waals surface area contributed by atoms with Crippen molar-refractivity contribution in [3.05, 3.63) is 23.9 Å². The molecule has 17 heavy (non-hydrogen) atoms. The Morgan fingerprint density at radius 1 is 1.53 bits per heavy atom. The molecule has 4 nitrogen and oxygen atoms in total. The topological polar surface area (TPSA) is 51.4 Å². The fraction of sp³-hybridized carbons (Fsp3) is 0.615. The zero-order valence-corrected chi connectivity index (χ0v) is 10.4. The van der Waals surface area contributed by atoms with Crippen molar-refractivity contribution in [1.82, 2.24) is 9.88 Å². The third-order valence-electron chi connectivity index (χ3n) is 3.08. The number of hydrogen-bond donors (Lipinski definition) is 1. The molecule has 2 rings (SSSR count). The first-order valence-electron chi connectivity index (χ1n) is 6.33. The normalized spacial score (nSPS) is 21.6. The molecule has 2 N–H and O–H groups in total. The molecule has 0 aromatic carbocycles. The molecule has 1 aliphatic heterocycles. The van der Waals surface area contributed by atoms with Crippen LogP contribution < -0.4 is 5.73 Å². The second kappa shape index (κ2) is 5.98. The van der Waals surface area contributed by atoms with Crippen LogP contribution >= 0.6 is 0 Å². The van der Waals surface area contributed by atoms with Gasteiger partial charge in [-0.05, 0) is 38.4 Å². The molecule has 0 amide bonds. The number of likely N-dealkylation sites (tertiary alicyclic amines) is 1. The monoisotopic (exact) mass is 235 g/mol. The van der Waals surface area contributed by atoms with Gasteiger partial charge in [-0.1, -0.05) is 6.07 Å². The fourth-order valence-corrected chi connectivity index (χ4v) is 2.34. The first-order valence-corrected chi connectivity index (χ1v) is 6.33. The number of nitrogens with zero attached hydrogens (tertiary/aromatic N) is 2. The standard InChI is InChI=1S/C13H21N3O/c1-2-17-12-6-4-8-16(10-12)9-11-5-3-7-13(14)15-11/h3,5,7,12H,2,4,6,8-10H2,1H3,(H2,14,15). The van der Waals surface area contributed by atoms with Crippen molar-refractivity contribution in [2.24, 2.45) is 0 Å². The van der Waals surface area contributed by atoms with Crippen LogP contribution in [0.5, 0.6) is 0 Å². The average Bonchev–Trinajstić information content (AvgIpc) is 2.30. The minimum absolute atomic E-state index is 0.384. The second-order valence-corrected chi connectivity index (χ2v) is 4.51. The Labute approximate surface area is 103 Å². The molecule has 0 spiro atoms. The smallest absolute Gasteiger partial charge is 0.123 e. The highest BCUT2D eigenvalue weighted by atomic mass is 16.5. The number of nitrogens with two attached hydrogens (primary N) is 1. The van der Waals surface area contributed by atoms with Crippen LogP contribution in [0.2, 0.25) is 0 Å². The Morgan fingerprint density at radius 2 is 2.41 bits per heavy atom. The molecule has 0 aliphatic carbocycles. The van der Waals surface area contributed by atoms with Crippen LogP contribution in [0, 0.1) is 0 Å². The maximum absolute atomic E-state index is 5.69. The summed E-state index contributed by atoms with van der Waals surface area (Å²) >= 11 is 0. The van der Waals surface area contributed by atoms with E-state index in [2.05, 4.69) is 16.8 Å². The van der Waals surface area contributed by atoms with E-state index in [-0.39, 0.29) is 0 Å². The Bertz CT molecular complexity index is 354. The summed E-state index contributed by atoms with van der Waals surface area (Å²) in [5, 5.41) is 0. The van der Waals surface area contributed by atoms with E-state index in [0.29, 0.717) is 11.9 Å². The van der Waals surface area contributed by atoms with Crippen LogP contribution in [-0.2, 0) is 11.3 Å². The van der Waals surface area contributed by atoms with E-state index < -0.39 is 0 Å². The van der Waals surface area contributed by atoms with Crippen molar-refractivity contribution in [2.75, 3.05) is 25.4 Å². The van der Waals surface area contributed by atoms with Gasteiger partial charge in [0.15, 0.2) is 0 Å². The molecule has 1 unspecified atom stereocenters. The number of ether oxygens (including phenoxy) is 1. The van der Waals surface area contributed by atoms with Crippen LogP contribution in [0.15, 0.2) is 18.2 Å². The number of piperidine rings is 1. The van der Waals surface area contributed by atoms with Crippen LogP contribution in [0.4, 0.5) is 5.82 Å². The molecule has 1 fully saturated rings. The van der Waals surface area contributed by atoms with Crippen LogP contribution in [0.1, 0.15) is 25.5 Å². The largest absolute Gasteiger partial charge is 0.384 e. The molecule has 0 radical (unpaired) electrons. The number of anilines is 1. The number of rotatable bonds is 4. The van der Waals surface area contributed by atoms with Crippen molar-refractivity contribution in [3.63, 3.8) is 0 Å². The van der Waals surface area contributed by atoms with Crippen LogP contribution in [0.3, 0.4) is 0 Å². The molecule has 0 bridgehead atoms. The lowest BCUT2D eigenvalue weighted by atomic mass is 10.1. The molecule has 94 valence electrons. The third-order valence-corrected chi connectivity index (χ3v) is 3.08. The molecule has 1 aliphatic rings. The molecular formula is C13H21N3O. The van der Waals surface area contributed by atoms with Crippen molar-refractivity contribution in [1.29, 1.82) is 0 Å². The van der Waals surface area contributed by atoms with Gasteiger partial charge in [-0.15, -0.1) is 0 Å². The van der Waals surface area contributed by atoms with E-state index >= 15 is 0 Å². The van der Waals surface area contributed by atoms with Gasteiger partial charge in [-0.3, -0.25) is 4.90 Å². The number of nitrogen functional groups attached to an aromatic ring is 1. The summed E-state index contributed by atoms with van der Waals surface area (Å²) in [5.74, 6) is 0.598. The quantitative estimate of drug-likeness (QED) is 0.862. The van der Waals surface area contributed by atoms with Gasteiger partial charge in [-0.25, -0.2) is 4.98 Å². The van der Waals surface area contributed by atoms with E-state index in [0.717, 1.165) is 31.9 Å². The minimum Gasteiger partial charge on any atom is -0.384 e. The summed E-state index contributed by atoms with van der Waals surface area (Å²) in [6.45, 7) is 5.85. The summed E-state index contributed by atoms with van der Waals surface area (Å²) in [6.07, 6.45) is 2.76. The Hall–Kier alpha value is -1.13. The number of pyridine rings is 1. The summed E-state index contributed by atoms with van der Waals surface area (Å²) in [7, 11) is 0. The highest BCUT2D eigenvalue weighted by Gasteiger charge is 2.20. The van der Waals surface area contributed by atoms with Gasteiger partial charge in [-0.2, -0.15) is 0 Å². The maximum Gasteiger partial charge on any atom is 0.123 e. The summed E-state index contributed by atoms with van der Waals surface area (Å²) < 4.78 is 5.69. The summed E-state index contributed by atoms with van der Waals surface area (Å²) in [6, 6.07) is 5.81. The number of aromatic nitrogens is 1. The van der Waals surface area contributed by atoms with Crippen molar-refractivity contribution in [3.8, 4) is 0 Å². The predicted octanol–water partition coefficient (Wildman–Crippen LogP) is 1.66. The molecule has 4 heteroatoms. The zero-order valence-electron chi connectivity index (χ0n) is 10.4. The number of hydrogen-bond acceptors (Lipinski definition) is 4. The minimum atomic E-state index is 0.384. The average molecular weight is 235 g/mol. The van der Waals surface area contributed by atoms with E-state index in [1.54, 1.807) is 0 Å². The Balaban J connectivity index is 1.90. The van der Waals surface area contributed by atoms with Crippen LogP contribution in [0.25, 0.3) is 0 Å². The van der Waals surface area contributed by atoms with E-state index in [1.807, 2.05) is 18.2 Å². The molecule has 1 atom stereocenters. The van der Waals surface area contributed by atoms with Gasteiger partial charge < -0.3 is 10.5 Å². The zero-order chi connectivity index (χ0) is 12.1. The van der Waals surface area contributed by atoms with Crippen molar-refractivity contribution < 1.29 is 4.74 Å². The Kier molecular flexibility index (Phi) is 4.34. The third kappa shape index (κ3) is 3.68. The highest BCUT2D eigenvalue weighted by molar-refractivity contribution is 5.28. The summed E-state index contributed by atoms with van der Waals surface area (Å²) in [4.78, 5) is 6.73. The van der Waals surface area contributed by atoms with Gasteiger partial charge in [0.05, 0.1) is 11.8 Å². The first-order chi connectivity index (χ1) is 8.28. The molecule has 1 saturated heterocycles. The van der Waals surface area contributed by atoms with Gasteiger partial charge in [0.1, 0.15) is 5.82 Å². The van der Waals surface area contributed by atoms with Gasteiger partial charge in [0.2, 0.25) is 0 Å². The Morgan fingerprint density at radius 3 is 3.18 bits per heavy atom. The molecular weight excluding hydrogens is 214 g/mol. The van der Waals surface area contributed by atoms with Crippen molar-refractivity contribution in [2.45, 2.75) is 32.4 Å². The summed E-state index contributed by atoms with van der Waals surface area (Å²) in [5.41, 5.74) is 6.73. The van der Waals surface area contributed by atoms with E-state index in [1.165, 1.54) is 12.8 Å². The fourth-order valence-electron chi connectivity index (χ4n) is 2.34. The van der Waals surface area contributed by atoms with E-state index in [9.17, 15) is 0 Å². The molecule has 2 heterocycles. The van der Waals surface area contributed by atoms with Crippen molar-refractivity contribution >= 4 is 5.82 Å². The second-order valence-electron chi connectivity index (χ2n) is 4.51. The SMILES string of the molecule is CCOC1CCCN(Cc2cccc(N)n2)C1. The first kappa shape index (κ1) is 12.3. The van der Waals surface area contributed by atoms with Gasteiger partial charge >= 0.3 is 0 Å². The molecule has 1 aromatic rings. The van der Waals surface area contributed by atoms with Gasteiger partial charge in [0, 0.05) is 19.7 Å².